The minimum absolute atomic E-state index is 0.170. The molecule has 1 atom stereocenters. The number of nitrogens with zero attached hydrogens (tertiary/aromatic N) is 2. The molecule has 0 aliphatic carbocycles. The zero-order chi connectivity index (χ0) is 11.5. The highest BCUT2D eigenvalue weighted by Gasteiger charge is 2.03. The molecular weight excluding hydrogens is 226 g/mol. The number of benzene rings is 1. The summed E-state index contributed by atoms with van der Waals surface area (Å²) < 4.78 is 7.19. The Labute approximate surface area is 98.6 Å². The van der Waals surface area contributed by atoms with Gasteiger partial charge in [0, 0.05) is 5.02 Å². The fourth-order valence-corrected chi connectivity index (χ4v) is 1.44. The summed E-state index contributed by atoms with van der Waals surface area (Å²) in [5.41, 5.74) is 5.67. The van der Waals surface area contributed by atoms with Crippen LogP contribution in [0.4, 0.5) is 0 Å². The van der Waals surface area contributed by atoms with Gasteiger partial charge in [0.25, 0.3) is 0 Å². The van der Waals surface area contributed by atoms with Crippen LogP contribution in [0.5, 0.6) is 11.5 Å². The molecule has 2 aromatic rings. The van der Waals surface area contributed by atoms with E-state index < -0.39 is 0 Å². The van der Waals surface area contributed by atoms with E-state index in [1.807, 2.05) is 19.1 Å². The second-order valence-corrected chi connectivity index (χ2v) is 3.89. The van der Waals surface area contributed by atoms with Crippen LogP contribution in [0.25, 0.3) is 0 Å². The first kappa shape index (κ1) is 11.0. The van der Waals surface area contributed by atoms with Crippen molar-refractivity contribution in [2.24, 2.45) is 5.73 Å². The lowest BCUT2D eigenvalue weighted by atomic mass is 10.3. The average molecular weight is 238 g/mol. The Morgan fingerprint density at radius 1 is 1.44 bits per heavy atom. The van der Waals surface area contributed by atoms with E-state index in [1.54, 1.807) is 29.2 Å². The molecule has 0 bridgehead atoms. The van der Waals surface area contributed by atoms with Gasteiger partial charge >= 0.3 is 0 Å². The molecule has 0 fully saturated rings. The van der Waals surface area contributed by atoms with Gasteiger partial charge in [0.15, 0.2) is 5.75 Å². The standard InChI is InChI=1S/C11H12ClN3O/c1-8(13)15-7-11(6-14-15)16-10-4-2-3-9(12)5-10/h2-8H,13H2,1H3. The molecule has 5 heteroatoms. The number of halogens is 1. The van der Waals surface area contributed by atoms with Crippen LogP contribution < -0.4 is 10.5 Å². The van der Waals surface area contributed by atoms with Gasteiger partial charge in [0.05, 0.1) is 18.6 Å². The molecule has 0 aliphatic rings. The quantitative estimate of drug-likeness (QED) is 0.893. The van der Waals surface area contributed by atoms with Gasteiger partial charge in [0.1, 0.15) is 5.75 Å². The summed E-state index contributed by atoms with van der Waals surface area (Å²) in [6.07, 6.45) is 3.19. The molecule has 1 heterocycles. The Hall–Kier alpha value is -1.52. The third-order valence-electron chi connectivity index (χ3n) is 2.03. The van der Waals surface area contributed by atoms with Crippen molar-refractivity contribution in [1.29, 1.82) is 0 Å². The first-order valence-corrected chi connectivity index (χ1v) is 5.26. The van der Waals surface area contributed by atoms with Crippen LogP contribution in [0.2, 0.25) is 5.02 Å². The first-order valence-electron chi connectivity index (χ1n) is 4.88. The van der Waals surface area contributed by atoms with E-state index in [-0.39, 0.29) is 6.17 Å². The molecule has 1 aromatic heterocycles. The van der Waals surface area contributed by atoms with Crippen molar-refractivity contribution in [3.8, 4) is 11.5 Å². The number of aromatic nitrogens is 2. The summed E-state index contributed by atoms with van der Waals surface area (Å²) >= 11 is 5.85. The number of ether oxygens (including phenoxy) is 1. The molecular formula is C11H12ClN3O. The van der Waals surface area contributed by atoms with E-state index in [0.29, 0.717) is 16.5 Å². The molecule has 0 saturated heterocycles. The van der Waals surface area contributed by atoms with Crippen LogP contribution in [0, 0.1) is 0 Å². The van der Waals surface area contributed by atoms with Gasteiger partial charge in [0.2, 0.25) is 0 Å². The second kappa shape index (κ2) is 4.55. The highest BCUT2D eigenvalue weighted by molar-refractivity contribution is 6.30. The summed E-state index contributed by atoms with van der Waals surface area (Å²) in [7, 11) is 0. The summed E-state index contributed by atoms with van der Waals surface area (Å²) in [5, 5.41) is 4.70. The summed E-state index contributed by atoms with van der Waals surface area (Å²) in [6.45, 7) is 1.84. The molecule has 4 nitrogen and oxygen atoms in total. The molecule has 0 aliphatic heterocycles. The number of hydrogen-bond acceptors (Lipinski definition) is 3. The summed E-state index contributed by atoms with van der Waals surface area (Å²) in [6, 6.07) is 7.19. The van der Waals surface area contributed by atoms with Crippen LogP contribution in [-0.2, 0) is 0 Å². The normalized spacial score (nSPS) is 12.4. The molecule has 0 saturated carbocycles. The maximum Gasteiger partial charge on any atom is 0.165 e. The molecule has 84 valence electrons. The molecule has 1 aromatic carbocycles. The molecule has 0 amide bonds. The highest BCUT2D eigenvalue weighted by Crippen LogP contribution is 2.23. The molecule has 1 unspecified atom stereocenters. The van der Waals surface area contributed by atoms with Gasteiger partial charge in [-0.15, -0.1) is 0 Å². The number of rotatable bonds is 3. The zero-order valence-corrected chi connectivity index (χ0v) is 9.56. The Bertz CT molecular complexity index is 482. The van der Waals surface area contributed by atoms with Gasteiger partial charge < -0.3 is 10.5 Å². The fourth-order valence-electron chi connectivity index (χ4n) is 1.26. The molecule has 2 N–H and O–H groups in total. The molecule has 16 heavy (non-hydrogen) atoms. The van der Waals surface area contributed by atoms with Crippen molar-refractivity contribution < 1.29 is 4.74 Å². The molecule has 0 spiro atoms. The van der Waals surface area contributed by atoms with Crippen molar-refractivity contribution in [3.05, 3.63) is 41.7 Å². The van der Waals surface area contributed by atoms with Crippen molar-refractivity contribution in [3.63, 3.8) is 0 Å². The molecule has 0 radical (unpaired) electrons. The van der Waals surface area contributed by atoms with E-state index in [4.69, 9.17) is 22.1 Å². The van der Waals surface area contributed by atoms with Crippen LogP contribution in [0.3, 0.4) is 0 Å². The van der Waals surface area contributed by atoms with Gasteiger partial charge in [-0.25, -0.2) is 0 Å². The highest BCUT2D eigenvalue weighted by atomic mass is 35.5. The predicted molar refractivity (Wildman–Crippen MR) is 62.7 cm³/mol. The Kier molecular flexibility index (Phi) is 3.12. The van der Waals surface area contributed by atoms with E-state index in [9.17, 15) is 0 Å². The maximum absolute atomic E-state index is 5.85. The lowest BCUT2D eigenvalue weighted by molar-refractivity contribution is 0.474. The zero-order valence-electron chi connectivity index (χ0n) is 8.80. The molecule has 2 rings (SSSR count). The van der Waals surface area contributed by atoms with E-state index >= 15 is 0 Å². The number of hydrogen-bond donors (Lipinski definition) is 1. The van der Waals surface area contributed by atoms with Crippen molar-refractivity contribution in [2.45, 2.75) is 13.1 Å². The first-order chi connectivity index (χ1) is 7.65. The van der Waals surface area contributed by atoms with E-state index in [0.717, 1.165) is 0 Å². The third-order valence-corrected chi connectivity index (χ3v) is 2.26. The summed E-state index contributed by atoms with van der Waals surface area (Å²) in [4.78, 5) is 0. The van der Waals surface area contributed by atoms with E-state index in [2.05, 4.69) is 5.10 Å². The van der Waals surface area contributed by atoms with Gasteiger partial charge in [-0.2, -0.15) is 5.10 Å². The number of nitrogens with two attached hydrogens (primary N) is 1. The van der Waals surface area contributed by atoms with Crippen molar-refractivity contribution >= 4 is 11.6 Å². The topological polar surface area (TPSA) is 53.1 Å². The van der Waals surface area contributed by atoms with Crippen molar-refractivity contribution in [1.82, 2.24) is 9.78 Å². The third kappa shape index (κ3) is 2.53. The Morgan fingerprint density at radius 2 is 2.25 bits per heavy atom. The summed E-state index contributed by atoms with van der Waals surface area (Å²) in [5.74, 6) is 1.32. The minimum atomic E-state index is -0.170. The lowest BCUT2D eigenvalue weighted by Gasteiger charge is -2.04. The maximum atomic E-state index is 5.85. The fraction of sp³-hybridized carbons (Fsp3) is 0.182. The predicted octanol–water partition coefficient (Wildman–Crippen LogP) is 2.81. The average Bonchev–Trinajstić information content (AvgIpc) is 2.66. The van der Waals surface area contributed by atoms with Gasteiger partial charge in [-0.1, -0.05) is 17.7 Å². The van der Waals surface area contributed by atoms with Gasteiger partial charge in [-0.3, -0.25) is 4.68 Å². The van der Waals surface area contributed by atoms with Gasteiger partial charge in [-0.05, 0) is 25.1 Å². The van der Waals surface area contributed by atoms with Crippen LogP contribution in [0.1, 0.15) is 13.1 Å². The van der Waals surface area contributed by atoms with E-state index in [1.165, 1.54) is 0 Å². The SMILES string of the molecule is CC(N)n1cc(Oc2cccc(Cl)c2)cn1. The monoisotopic (exact) mass is 237 g/mol. The Morgan fingerprint density at radius 3 is 2.88 bits per heavy atom. The largest absolute Gasteiger partial charge is 0.454 e. The Balaban J connectivity index is 2.14. The van der Waals surface area contributed by atoms with Crippen molar-refractivity contribution in [2.75, 3.05) is 0 Å². The second-order valence-electron chi connectivity index (χ2n) is 3.46. The smallest absolute Gasteiger partial charge is 0.165 e. The van der Waals surface area contributed by atoms with Crippen LogP contribution in [-0.4, -0.2) is 9.78 Å². The van der Waals surface area contributed by atoms with Crippen LogP contribution >= 0.6 is 11.6 Å². The lowest BCUT2D eigenvalue weighted by Crippen LogP contribution is -2.14. The minimum Gasteiger partial charge on any atom is -0.454 e. The van der Waals surface area contributed by atoms with Crippen LogP contribution in [0.15, 0.2) is 36.7 Å².